The van der Waals surface area contributed by atoms with Crippen molar-refractivity contribution in [2.24, 2.45) is 0 Å². The standard InChI is InChI=1S/C10H13F3N2S.2ClH/c11-10(12,13)9(8-2-1-7-16-8)15-5-3-14-4-6-15;;/h1-2,7,9,14H,3-6H2;2*1H/t9-;;/m0../s1. The van der Waals surface area contributed by atoms with E-state index in [4.69, 9.17) is 0 Å². The maximum atomic E-state index is 13.0. The Morgan fingerprint density at radius 3 is 2.28 bits per heavy atom. The van der Waals surface area contributed by atoms with Gasteiger partial charge < -0.3 is 5.32 Å². The normalized spacial score (nSPS) is 18.6. The van der Waals surface area contributed by atoms with Crippen LogP contribution in [0.2, 0.25) is 0 Å². The second-order valence-electron chi connectivity index (χ2n) is 3.75. The molecular formula is C10H15Cl2F3N2S. The van der Waals surface area contributed by atoms with Crippen molar-refractivity contribution >= 4 is 36.2 Å². The van der Waals surface area contributed by atoms with Crippen LogP contribution in [0.1, 0.15) is 10.9 Å². The quantitative estimate of drug-likeness (QED) is 0.900. The van der Waals surface area contributed by atoms with Gasteiger partial charge in [-0.1, -0.05) is 6.07 Å². The minimum atomic E-state index is -4.19. The van der Waals surface area contributed by atoms with Gasteiger partial charge in [-0.15, -0.1) is 36.2 Å². The molecule has 1 atom stereocenters. The number of alkyl halides is 3. The minimum absolute atomic E-state index is 0. The fourth-order valence-corrected chi connectivity index (χ4v) is 2.82. The third-order valence-corrected chi connectivity index (χ3v) is 3.56. The molecule has 18 heavy (non-hydrogen) atoms. The largest absolute Gasteiger partial charge is 0.408 e. The molecule has 0 amide bonds. The van der Waals surface area contributed by atoms with E-state index in [0.29, 0.717) is 31.1 Å². The Balaban J connectivity index is 0.00000144. The maximum absolute atomic E-state index is 13.0. The zero-order valence-electron chi connectivity index (χ0n) is 9.44. The zero-order chi connectivity index (χ0) is 11.6. The van der Waals surface area contributed by atoms with E-state index in [1.807, 2.05) is 0 Å². The van der Waals surface area contributed by atoms with E-state index in [1.165, 1.54) is 16.2 Å². The number of rotatable bonds is 2. The SMILES string of the molecule is Cl.Cl.FC(F)(F)[C@H](c1cccs1)N1CCNCC1. The van der Waals surface area contributed by atoms with E-state index in [2.05, 4.69) is 5.32 Å². The summed E-state index contributed by atoms with van der Waals surface area (Å²) in [6.07, 6.45) is -4.19. The number of hydrogen-bond acceptors (Lipinski definition) is 3. The van der Waals surface area contributed by atoms with Crippen molar-refractivity contribution in [1.82, 2.24) is 10.2 Å². The van der Waals surface area contributed by atoms with E-state index >= 15 is 0 Å². The van der Waals surface area contributed by atoms with Crippen LogP contribution in [0, 0.1) is 0 Å². The molecule has 0 aliphatic carbocycles. The van der Waals surface area contributed by atoms with Gasteiger partial charge in [-0.05, 0) is 11.4 Å². The molecule has 106 valence electrons. The van der Waals surface area contributed by atoms with Crippen molar-refractivity contribution in [3.8, 4) is 0 Å². The molecule has 0 saturated carbocycles. The Morgan fingerprint density at radius 1 is 1.22 bits per heavy atom. The third kappa shape index (κ3) is 4.28. The minimum Gasteiger partial charge on any atom is -0.314 e. The summed E-state index contributed by atoms with van der Waals surface area (Å²) in [6.45, 7) is 2.14. The predicted octanol–water partition coefficient (Wildman–Crippen LogP) is 3.10. The molecule has 1 aliphatic rings. The first-order valence-corrected chi connectivity index (χ1v) is 6.02. The van der Waals surface area contributed by atoms with Crippen molar-refractivity contribution in [3.05, 3.63) is 22.4 Å². The van der Waals surface area contributed by atoms with Gasteiger partial charge in [0.25, 0.3) is 0 Å². The lowest BCUT2D eigenvalue weighted by atomic mass is 10.1. The molecule has 0 aromatic carbocycles. The summed E-state index contributed by atoms with van der Waals surface area (Å²) in [5, 5.41) is 4.75. The molecule has 2 nitrogen and oxygen atoms in total. The highest BCUT2D eigenvalue weighted by atomic mass is 35.5. The van der Waals surface area contributed by atoms with Crippen LogP contribution in [0.5, 0.6) is 0 Å². The van der Waals surface area contributed by atoms with Crippen molar-refractivity contribution in [1.29, 1.82) is 0 Å². The van der Waals surface area contributed by atoms with Crippen LogP contribution in [-0.2, 0) is 0 Å². The Hall–Kier alpha value is -0.0100. The van der Waals surface area contributed by atoms with E-state index in [1.54, 1.807) is 17.5 Å². The van der Waals surface area contributed by atoms with Gasteiger partial charge in [-0.2, -0.15) is 13.2 Å². The lowest BCUT2D eigenvalue weighted by molar-refractivity contribution is -0.186. The summed E-state index contributed by atoms with van der Waals surface area (Å²) in [7, 11) is 0. The van der Waals surface area contributed by atoms with Crippen molar-refractivity contribution < 1.29 is 13.2 Å². The number of hydrogen-bond donors (Lipinski definition) is 1. The highest BCUT2D eigenvalue weighted by Crippen LogP contribution is 2.39. The molecule has 2 rings (SSSR count). The van der Waals surface area contributed by atoms with Gasteiger partial charge >= 0.3 is 6.18 Å². The molecule has 1 N–H and O–H groups in total. The van der Waals surface area contributed by atoms with Crippen LogP contribution in [0.15, 0.2) is 17.5 Å². The summed E-state index contributed by atoms with van der Waals surface area (Å²) in [5.41, 5.74) is 0. The lowest BCUT2D eigenvalue weighted by Gasteiger charge is -2.35. The van der Waals surface area contributed by atoms with Gasteiger partial charge in [0.1, 0.15) is 6.04 Å². The van der Waals surface area contributed by atoms with Gasteiger partial charge in [-0.3, -0.25) is 4.90 Å². The van der Waals surface area contributed by atoms with Crippen molar-refractivity contribution in [3.63, 3.8) is 0 Å². The predicted molar refractivity (Wildman–Crippen MR) is 72.1 cm³/mol. The second kappa shape index (κ2) is 7.55. The average Bonchev–Trinajstić information content (AvgIpc) is 2.71. The summed E-state index contributed by atoms with van der Waals surface area (Å²) in [4.78, 5) is 1.89. The molecule has 8 heteroatoms. The number of thiophene rings is 1. The second-order valence-corrected chi connectivity index (χ2v) is 4.72. The van der Waals surface area contributed by atoms with Gasteiger partial charge in [0.05, 0.1) is 0 Å². The molecule has 1 aliphatic heterocycles. The molecule has 0 bridgehead atoms. The Morgan fingerprint density at radius 2 is 1.83 bits per heavy atom. The van der Waals surface area contributed by atoms with Crippen LogP contribution >= 0.6 is 36.2 Å². The molecule has 2 heterocycles. The van der Waals surface area contributed by atoms with E-state index in [-0.39, 0.29) is 24.8 Å². The van der Waals surface area contributed by atoms with Gasteiger partial charge in [0, 0.05) is 31.1 Å². The van der Waals surface area contributed by atoms with Crippen LogP contribution in [0.4, 0.5) is 13.2 Å². The summed E-state index contributed by atoms with van der Waals surface area (Å²) >= 11 is 1.17. The molecule has 0 radical (unpaired) electrons. The lowest BCUT2D eigenvalue weighted by Crippen LogP contribution is -2.48. The summed E-state index contributed by atoms with van der Waals surface area (Å²) in [5.74, 6) is 0. The maximum Gasteiger partial charge on any atom is 0.408 e. The zero-order valence-corrected chi connectivity index (χ0v) is 11.9. The van der Waals surface area contributed by atoms with E-state index in [0.717, 1.165) is 0 Å². The highest BCUT2D eigenvalue weighted by molar-refractivity contribution is 7.10. The molecule has 0 unspecified atom stereocenters. The van der Waals surface area contributed by atoms with Gasteiger partial charge in [-0.25, -0.2) is 0 Å². The number of nitrogens with one attached hydrogen (secondary N) is 1. The number of nitrogens with zero attached hydrogens (tertiary/aromatic N) is 1. The number of halogens is 5. The number of piperazine rings is 1. The molecule has 1 saturated heterocycles. The fraction of sp³-hybridized carbons (Fsp3) is 0.600. The van der Waals surface area contributed by atoms with E-state index < -0.39 is 12.2 Å². The first kappa shape index (κ1) is 18.0. The molecule has 0 spiro atoms. The van der Waals surface area contributed by atoms with Crippen LogP contribution in [0.25, 0.3) is 0 Å². The fourth-order valence-electron chi connectivity index (χ4n) is 1.94. The van der Waals surface area contributed by atoms with Crippen LogP contribution in [-0.4, -0.2) is 37.3 Å². The Labute approximate surface area is 120 Å². The Bertz CT molecular complexity index is 326. The van der Waals surface area contributed by atoms with Gasteiger partial charge in [0.2, 0.25) is 0 Å². The van der Waals surface area contributed by atoms with Gasteiger partial charge in [0.15, 0.2) is 0 Å². The van der Waals surface area contributed by atoms with Crippen molar-refractivity contribution in [2.45, 2.75) is 12.2 Å². The van der Waals surface area contributed by atoms with Crippen LogP contribution in [0.3, 0.4) is 0 Å². The van der Waals surface area contributed by atoms with E-state index in [9.17, 15) is 13.2 Å². The molecular weight excluding hydrogens is 308 g/mol. The molecule has 1 fully saturated rings. The summed E-state index contributed by atoms with van der Waals surface area (Å²) < 4.78 is 39.0. The third-order valence-electron chi connectivity index (χ3n) is 2.64. The van der Waals surface area contributed by atoms with Crippen LogP contribution < -0.4 is 5.32 Å². The monoisotopic (exact) mass is 322 g/mol. The average molecular weight is 323 g/mol. The molecule has 1 aromatic heterocycles. The molecule has 1 aromatic rings. The summed E-state index contributed by atoms with van der Waals surface area (Å²) in [6, 6.07) is 1.79. The first-order valence-electron chi connectivity index (χ1n) is 5.14. The first-order chi connectivity index (χ1) is 7.59. The topological polar surface area (TPSA) is 15.3 Å². The highest BCUT2D eigenvalue weighted by Gasteiger charge is 2.45. The Kier molecular flexibility index (Phi) is 7.54. The smallest absolute Gasteiger partial charge is 0.314 e. The van der Waals surface area contributed by atoms with Crippen molar-refractivity contribution in [2.75, 3.05) is 26.2 Å².